The number of carbonyl (C=O) groups excluding carboxylic acids is 1. The molecule has 116 valence electrons. The quantitative estimate of drug-likeness (QED) is 0.776. The molecule has 1 aliphatic rings. The van der Waals surface area contributed by atoms with E-state index in [4.69, 9.17) is 5.73 Å². The van der Waals surface area contributed by atoms with E-state index < -0.39 is 12.1 Å². The third kappa shape index (κ3) is 3.92. The van der Waals surface area contributed by atoms with Crippen LogP contribution in [-0.2, 0) is 11.2 Å². The van der Waals surface area contributed by atoms with E-state index in [-0.39, 0.29) is 0 Å². The number of aliphatic hydroxyl groups is 1. The van der Waals surface area contributed by atoms with Crippen LogP contribution in [0.5, 0.6) is 0 Å². The number of nitrogens with two attached hydrogens (primary N) is 1. The van der Waals surface area contributed by atoms with Crippen LogP contribution in [0.25, 0.3) is 0 Å². The summed E-state index contributed by atoms with van der Waals surface area (Å²) in [5.74, 6) is 0.560. The number of piperidine rings is 1. The van der Waals surface area contributed by atoms with Gasteiger partial charge in [-0.1, -0.05) is 13.8 Å². The van der Waals surface area contributed by atoms with Gasteiger partial charge in [-0.15, -0.1) is 0 Å². The van der Waals surface area contributed by atoms with Gasteiger partial charge in [-0.2, -0.15) is 0 Å². The molecule has 0 bridgehead atoms. The molecule has 1 fully saturated rings. The van der Waals surface area contributed by atoms with Crippen molar-refractivity contribution < 1.29 is 9.90 Å². The average Bonchev–Trinajstić information content (AvgIpc) is 2.48. The largest absolute Gasteiger partial charge is 0.383 e. The number of aliphatic hydroxyl groups excluding tert-OH is 1. The highest BCUT2D eigenvalue weighted by atomic mass is 16.3. The van der Waals surface area contributed by atoms with Crippen molar-refractivity contribution >= 4 is 17.4 Å². The summed E-state index contributed by atoms with van der Waals surface area (Å²) in [6, 6.07) is 1.80. The monoisotopic (exact) mass is 292 g/mol. The van der Waals surface area contributed by atoms with Gasteiger partial charge in [0.25, 0.3) is 5.91 Å². The minimum atomic E-state index is -1.12. The molecule has 2 atom stereocenters. The third-order valence-electron chi connectivity index (χ3n) is 3.92. The number of rotatable bonds is 4. The molecule has 21 heavy (non-hydrogen) atoms. The van der Waals surface area contributed by atoms with Crippen molar-refractivity contribution in [2.45, 2.75) is 39.3 Å². The zero-order chi connectivity index (χ0) is 15.4. The lowest BCUT2D eigenvalue weighted by Gasteiger charge is -2.33. The first-order valence-corrected chi connectivity index (χ1v) is 7.48. The van der Waals surface area contributed by atoms with Crippen LogP contribution < -0.4 is 11.1 Å². The highest BCUT2D eigenvalue weighted by molar-refractivity contribution is 5.93. The summed E-state index contributed by atoms with van der Waals surface area (Å²) in [5, 5.41) is 12.9. The fraction of sp³-hybridized carbons (Fsp3) is 0.600. The number of hydrogen-bond donors (Lipinski definition) is 3. The molecule has 6 heteroatoms. The van der Waals surface area contributed by atoms with Crippen molar-refractivity contribution in [2.75, 3.05) is 24.1 Å². The smallest absolute Gasteiger partial charge is 0.268 e. The molecule has 0 spiro atoms. The lowest BCUT2D eigenvalue weighted by molar-refractivity contribution is -0.135. The van der Waals surface area contributed by atoms with Crippen molar-refractivity contribution in [3.63, 3.8) is 0 Å². The number of amides is 1. The Morgan fingerprint density at radius 2 is 2.43 bits per heavy atom. The molecule has 0 aliphatic carbocycles. The number of pyridine rings is 1. The molecule has 2 rings (SSSR count). The summed E-state index contributed by atoms with van der Waals surface area (Å²) < 4.78 is 0. The van der Waals surface area contributed by atoms with Gasteiger partial charge in [0, 0.05) is 13.1 Å². The molecular weight excluding hydrogens is 268 g/mol. The first-order valence-electron chi connectivity index (χ1n) is 7.48. The van der Waals surface area contributed by atoms with E-state index in [2.05, 4.69) is 17.2 Å². The van der Waals surface area contributed by atoms with E-state index in [0.29, 0.717) is 17.4 Å². The standard InChI is InChI=1S/C15H24N4O2/c1-3-11-7-12(8-17-13(11)16)18-14(20)15(21)19-6-4-5-10(2)9-19/h7-8,10,15,21H,3-6,9H2,1-2H3,(H2,16,17)(H,18,20)/t10-,15?/m0/s1. The summed E-state index contributed by atoms with van der Waals surface area (Å²) >= 11 is 0. The molecule has 4 N–H and O–H groups in total. The van der Waals surface area contributed by atoms with Crippen LogP contribution >= 0.6 is 0 Å². The second-order valence-corrected chi connectivity index (χ2v) is 5.73. The Bertz CT molecular complexity index is 506. The summed E-state index contributed by atoms with van der Waals surface area (Å²) in [7, 11) is 0. The maximum Gasteiger partial charge on any atom is 0.268 e. The zero-order valence-corrected chi connectivity index (χ0v) is 12.7. The Morgan fingerprint density at radius 3 is 3.10 bits per heavy atom. The number of aryl methyl sites for hydroxylation is 1. The van der Waals surface area contributed by atoms with Crippen molar-refractivity contribution in [3.8, 4) is 0 Å². The lowest BCUT2D eigenvalue weighted by atomic mass is 10.00. The molecule has 0 saturated carbocycles. The topological polar surface area (TPSA) is 91.5 Å². The molecule has 1 saturated heterocycles. The van der Waals surface area contributed by atoms with Crippen LogP contribution in [0.1, 0.15) is 32.3 Å². The van der Waals surface area contributed by atoms with Crippen LogP contribution in [0, 0.1) is 5.92 Å². The molecule has 6 nitrogen and oxygen atoms in total. The second kappa shape index (κ2) is 6.87. The van der Waals surface area contributed by atoms with Gasteiger partial charge in [-0.05, 0) is 36.8 Å². The SMILES string of the molecule is CCc1cc(NC(=O)C(O)N2CCC[C@H](C)C2)cnc1N. The molecule has 1 aromatic heterocycles. The van der Waals surface area contributed by atoms with E-state index in [0.717, 1.165) is 37.9 Å². The maximum atomic E-state index is 12.1. The molecule has 1 amide bonds. The number of nitrogens with one attached hydrogen (secondary N) is 1. The molecule has 0 radical (unpaired) electrons. The first-order chi connectivity index (χ1) is 10.0. The summed E-state index contributed by atoms with van der Waals surface area (Å²) in [6.45, 7) is 5.60. The maximum absolute atomic E-state index is 12.1. The molecular formula is C15H24N4O2. The van der Waals surface area contributed by atoms with Gasteiger partial charge in [-0.3, -0.25) is 9.69 Å². The zero-order valence-electron chi connectivity index (χ0n) is 12.7. The highest BCUT2D eigenvalue weighted by Crippen LogP contribution is 2.19. The molecule has 1 aliphatic heterocycles. The van der Waals surface area contributed by atoms with Crippen LogP contribution in [-0.4, -0.2) is 40.2 Å². The molecule has 2 heterocycles. The van der Waals surface area contributed by atoms with E-state index >= 15 is 0 Å². The minimum absolute atomic E-state index is 0.419. The summed E-state index contributed by atoms with van der Waals surface area (Å²) in [6.07, 6.45) is 3.30. The number of nitrogen functional groups attached to an aromatic ring is 1. The Hall–Kier alpha value is -1.66. The van der Waals surface area contributed by atoms with Crippen molar-refractivity contribution in [2.24, 2.45) is 5.92 Å². The van der Waals surface area contributed by atoms with E-state index in [1.165, 1.54) is 6.20 Å². The van der Waals surface area contributed by atoms with Crippen LogP contribution in [0.15, 0.2) is 12.3 Å². The van der Waals surface area contributed by atoms with Gasteiger partial charge in [0.15, 0.2) is 6.23 Å². The van der Waals surface area contributed by atoms with E-state index in [9.17, 15) is 9.90 Å². The minimum Gasteiger partial charge on any atom is -0.383 e. The Kier molecular flexibility index (Phi) is 5.14. The molecule has 1 unspecified atom stereocenters. The predicted molar refractivity (Wildman–Crippen MR) is 82.6 cm³/mol. The fourth-order valence-electron chi connectivity index (χ4n) is 2.69. The van der Waals surface area contributed by atoms with Gasteiger partial charge in [-0.25, -0.2) is 4.98 Å². The van der Waals surface area contributed by atoms with Crippen molar-refractivity contribution in [1.29, 1.82) is 0 Å². The number of nitrogens with zero attached hydrogens (tertiary/aromatic N) is 2. The number of likely N-dealkylation sites (tertiary alicyclic amines) is 1. The first kappa shape index (κ1) is 15.7. The Morgan fingerprint density at radius 1 is 1.67 bits per heavy atom. The number of aromatic nitrogens is 1. The summed E-state index contributed by atoms with van der Waals surface area (Å²) in [5.41, 5.74) is 7.19. The fourth-order valence-corrected chi connectivity index (χ4v) is 2.69. The highest BCUT2D eigenvalue weighted by Gasteiger charge is 2.27. The van der Waals surface area contributed by atoms with Crippen molar-refractivity contribution in [1.82, 2.24) is 9.88 Å². The van der Waals surface area contributed by atoms with Crippen LogP contribution in [0.4, 0.5) is 11.5 Å². The summed E-state index contributed by atoms with van der Waals surface area (Å²) in [4.78, 5) is 18.0. The Balaban J connectivity index is 2.00. The lowest BCUT2D eigenvalue weighted by Crippen LogP contribution is -2.48. The van der Waals surface area contributed by atoms with E-state index in [1.54, 1.807) is 6.07 Å². The van der Waals surface area contributed by atoms with Gasteiger partial charge in [0.05, 0.1) is 11.9 Å². The number of anilines is 2. The average molecular weight is 292 g/mol. The van der Waals surface area contributed by atoms with Crippen LogP contribution in [0.2, 0.25) is 0 Å². The van der Waals surface area contributed by atoms with Gasteiger partial charge in [0.1, 0.15) is 5.82 Å². The van der Waals surface area contributed by atoms with Gasteiger partial charge >= 0.3 is 0 Å². The van der Waals surface area contributed by atoms with Gasteiger partial charge < -0.3 is 16.2 Å². The molecule has 0 aromatic carbocycles. The normalized spacial score (nSPS) is 21.0. The second-order valence-electron chi connectivity index (χ2n) is 5.73. The van der Waals surface area contributed by atoms with E-state index in [1.807, 2.05) is 11.8 Å². The van der Waals surface area contributed by atoms with Crippen LogP contribution in [0.3, 0.4) is 0 Å². The number of carbonyl (C=O) groups is 1. The third-order valence-corrected chi connectivity index (χ3v) is 3.92. The Labute approximate surface area is 125 Å². The number of hydrogen-bond acceptors (Lipinski definition) is 5. The van der Waals surface area contributed by atoms with Crippen molar-refractivity contribution in [3.05, 3.63) is 17.8 Å². The predicted octanol–water partition coefficient (Wildman–Crippen LogP) is 1.21. The molecule has 1 aromatic rings. The van der Waals surface area contributed by atoms with Gasteiger partial charge in [0.2, 0.25) is 0 Å².